The summed E-state index contributed by atoms with van der Waals surface area (Å²) in [6.07, 6.45) is 6.58. The number of rotatable bonds is 16. The minimum absolute atomic E-state index is 0.175. The van der Waals surface area contributed by atoms with E-state index in [9.17, 15) is 0 Å². The molecule has 1 atom stereocenters. The molecule has 0 saturated heterocycles. The lowest BCUT2D eigenvalue weighted by Crippen LogP contribution is -2.52. The Hall–Kier alpha value is 0.797. The monoisotopic (exact) mass is 396 g/mol. The van der Waals surface area contributed by atoms with Crippen molar-refractivity contribution in [3.05, 3.63) is 0 Å². The Balaban J connectivity index is 5.52. The average molecular weight is 397 g/mol. The van der Waals surface area contributed by atoms with Crippen molar-refractivity contribution >= 4 is 34.1 Å². The summed E-state index contributed by atoms with van der Waals surface area (Å²) >= 11 is 8.79. The number of thiol groups is 2. The zero-order chi connectivity index (χ0) is 18.5. The largest absolute Gasteiger partial charge is 0.501 e. The summed E-state index contributed by atoms with van der Waals surface area (Å²) in [7, 11) is -2.66. The molecule has 24 heavy (non-hydrogen) atoms. The van der Waals surface area contributed by atoms with E-state index in [1.165, 1.54) is 0 Å². The van der Waals surface area contributed by atoms with Crippen molar-refractivity contribution in [3.8, 4) is 0 Å². The Kier molecular flexibility index (Phi) is 14.4. The van der Waals surface area contributed by atoms with E-state index in [1.807, 2.05) is 13.8 Å². The topological polar surface area (TPSA) is 27.7 Å². The van der Waals surface area contributed by atoms with E-state index in [4.69, 9.17) is 13.3 Å². The van der Waals surface area contributed by atoms with E-state index in [0.717, 1.165) is 56.1 Å². The van der Waals surface area contributed by atoms with Gasteiger partial charge in [0.05, 0.1) is 6.10 Å². The van der Waals surface area contributed by atoms with Crippen molar-refractivity contribution in [2.45, 2.75) is 85.3 Å². The Morgan fingerprint density at radius 1 is 0.833 bits per heavy atom. The van der Waals surface area contributed by atoms with Gasteiger partial charge in [-0.25, -0.2) is 0 Å². The Bertz CT molecular complexity index is 288. The molecular weight excluding hydrogens is 356 g/mol. The molecule has 0 fully saturated rings. The second-order valence-corrected chi connectivity index (χ2v) is 9.85. The molecule has 0 aromatic carbocycles. The highest BCUT2D eigenvalue weighted by molar-refractivity contribution is 7.80. The predicted octanol–water partition coefficient (Wildman–Crippen LogP) is 5.63. The molecule has 0 radical (unpaired) electrons. The van der Waals surface area contributed by atoms with E-state index in [2.05, 4.69) is 46.0 Å². The fraction of sp³-hybridized carbons (Fsp3) is 1.00. The van der Waals surface area contributed by atoms with E-state index in [0.29, 0.717) is 13.2 Å². The second kappa shape index (κ2) is 13.9. The maximum Gasteiger partial charge on any atom is 0.501 e. The molecule has 0 aliphatic carbocycles. The van der Waals surface area contributed by atoms with E-state index >= 15 is 0 Å². The molecule has 0 bridgehead atoms. The normalized spacial score (nSPS) is 14.1. The van der Waals surface area contributed by atoms with Gasteiger partial charge < -0.3 is 13.3 Å². The van der Waals surface area contributed by atoms with Crippen molar-refractivity contribution in [2.75, 3.05) is 24.7 Å². The van der Waals surface area contributed by atoms with E-state index in [-0.39, 0.29) is 11.5 Å². The van der Waals surface area contributed by atoms with Gasteiger partial charge in [0.25, 0.3) is 0 Å². The molecule has 6 heteroatoms. The van der Waals surface area contributed by atoms with Crippen molar-refractivity contribution in [3.63, 3.8) is 0 Å². The van der Waals surface area contributed by atoms with Crippen LogP contribution in [0, 0.1) is 5.41 Å². The Labute approximate surface area is 162 Å². The van der Waals surface area contributed by atoms with Gasteiger partial charge in [-0.2, -0.15) is 25.3 Å². The first-order chi connectivity index (χ1) is 11.5. The van der Waals surface area contributed by atoms with Crippen LogP contribution in [-0.4, -0.2) is 39.6 Å². The van der Waals surface area contributed by atoms with Gasteiger partial charge in [0.15, 0.2) is 0 Å². The van der Waals surface area contributed by atoms with Gasteiger partial charge in [-0.3, -0.25) is 0 Å². The van der Waals surface area contributed by atoms with Crippen LogP contribution in [0.4, 0.5) is 0 Å². The maximum absolute atomic E-state index is 6.79. The van der Waals surface area contributed by atoms with Gasteiger partial charge in [-0.05, 0) is 69.3 Å². The molecule has 0 heterocycles. The van der Waals surface area contributed by atoms with Gasteiger partial charge in [-0.1, -0.05) is 20.8 Å². The lowest BCUT2D eigenvalue weighted by atomic mass is 9.73. The summed E-state index contributed by atoms with van der Waals surface area (Å²) in [6, 6.07) is 0.850. The minimum Gasteiger partial charge on any atom is -0.374 e. The fourth-order valence-electron chi connectivity index (χ4n) is 3.46. The van der Waals surface area contributed by atoms with Crippen LogP contribution in [0.3, 0.4) is 0 Å². The molecule has 0 spiro atoms. The molecule has 0 rings (SSSR count). The molecule has 0 aliphatic rings. The highest BCUT2D eigenvalue weighted by atomic mass is 32.1. The quantitative estimate of drug-likeness (QED) is 0.261. The zero-order valence-corrected chi connectivity index (χ0v) is 19.3. The predicted molar refractivity (Wildman–Crippen MR) is 114 cm³/mol. The van der Waals surface area contributed by atoms with Gasteiger partial charge >= 0.3 is 8.80 Å². The van der Waals surface area contributed by atoms with Gasteiger partial charge in [0.1, 0.15) is 0 Å². The molecule has 0 N–H and O–H groups in total. The van der Waals surface area contributed by atoms with Crippen molar-refractivity contribution in [1.29, 1.82) is 0 Å². The van der Waals surface area contributed by atoms with Crippen molar-refractivity contribution in [2.24, 2.45) is 5.41 Å². The number of hydrogen-bond donors (Lipinski definition) is 2. The Morgan fingerprint density at radius 3 is 1.71 bits per heavy atom. The average Bonchev–Trinajstić information content (AvgIpc) is 2.60. The van der Waals surface area contributed by atoms with Crippen LogP contribution in [0.15, 0.2) is 0 Å². The summed E-state index contributed by atoms with van der Waals surface area (Å²) < 4.78 is 19.1. The third-order valence-electron chi connectivity index (χ3n) is 5.11. The lowest BCUT2D eigenvalue weighted by Gasteiger charge is -2.43. The smallest absolute Gasteiger partial charge is 0.374 e. The first-order valence-corrected chi connectivity index (χ1v) is 12.9. The van der Waals surface area contributed by atoms with Gasteiger partial charge in [-0.15, -0.1) is 0 Å². The molecule has 3 nitrogen and oxygen atoms in total. The summed E-state index contributed by atoms with van der Waals surface area (Å²) in [4.78, 5) is 0. The fourth-order valence-corrected chi connectivity index (χ4v) is 7.02. The van der Waals surface area contributed by atoms with Crippen LogP contribution in [0.2, 0.25) is 6.04 Å². The summed E-state index contributed by atoms with van der Waals surface area (Å²) in [6.45, 7) is 12.2. The van der Waals surface area contributed by atoms with Crippen LogP contribution in [0.25, 0.3) is 0 Å². The molecule has 0 saturated carbocycles. The molecular formula is C18H40O3S2Si. The molecule has 0 aromatic rings. The second-order valence-electron chi connectivity index (χ2n) is 6.27. The van der Waals surface area contributed by atoms with E-state index in [1.54, 1.807) is 0 Å². The first kappa shape index (κ1) is 24.8. The SMILES string of the molecule is CCO[Si](CCCS)(OCC)OC(CCCS)C(CC)(CC)CC. The molecule has 0 aromatic heterocycles. The van der Waals surface area contributed by atoms with Crippen molar-refractivity contribution < 1.29 is 13.3 Å². The highest BCUT2D eigenvalue weighted by Crippen LogP contribution is 2.40. The number of hydrogen-bond acceptors (Lipinski definition) is 5. The summed E-state index contributed by atoms with van der Waals surface area (Å²) in [5, 5.41) is 0. The highest BCUT2D eigenvalue weighted by Gasteiger charge is 2.46. The summed E-state index contributed by atoms with van der Waals surface area (Å²) in [5.41, 5.74) is 0.191. The van der Waals surface area contributed by atoms with Crippen molar-refractivity contribution in [1.82, 2.24) is 0 Å². The van der Waals surface area contributed by atoms with Gasteiger partial charge in [0, 0.05) is 19.3 Å². The van der Waals surface area contributed by atoms with Crippen LogP contribution >= 0.6 is 25.3 Å². The molecule has 146 valence electrons. The standard InChI is InChI=1S/C18H40O3S2Si/c1-6-18(7-2,8-3)17(13-11-14-22)21-24(19-9-4,20-10-5)16-12-15-23/h17,22-23H,6-16H2,1-5H3. The van der Waals surface area contributed by atoms with E-state index < -0.39 is 8.80 Å². The zero-order valence-electron chi connectivity index (χ0n) is 16.5. The lowest BCUT2D eigenvalue weighted by molar-refractivity contribution is -0.0398. The molecule has 0 aliphatic heterocycles. The molecule has 0 amide bonds. The minimum atomic E-state index is -2.66. The molecule has 1 unspecified atom stereocenters. The van der Waals surface area contributed by atoms with Gasteiger partial charge in [0.2, 0.25) is 0 Å². The first-order valence-electron chi connectivity index (χ1n) is 9.70. The maximum atomic E-state index is 6.79. The Morgan fingerprint density at radius 2 is 1.33 bits per heavy atom. The third-order valence-corrected chi connectivity index (χ3v) is 8.81. The van der Waals surface area contributed by atoms with Crippen LogP contribution in [-0.2, 0) is 13.3 Å². The van der Waals surface area contributed by atoms with Crippen LogP contribution in [0.1, 0.15) is 73.1 Å². The third kappa shape index (κ3) is 7.58. The summed E-state index contributed by atoms with van der Waals surface area (Å²) in [5.74, 6) is 1.72. The van der Waals surface area contributed by atoms with Crippen LogP contribution in [0.5, 0.6) is 0 Å². The van der Waals surface area contributed by atoms with Crippen LogP contribution < -0.4 is 0 Å².